The zero-order chi connectivity index (χ0) is 7.28. The van der Waals surface area contributed by atoms with Crippen molar-refractivity contribution in [3.63, 3.8) is 0 Å². The van der Waals surface area contributed by atoms with Crippen molar-refractivity contribution < 1.29 is 66.1 Å². The Kier molecular flexibility index (Phi) is 11.1. The molecule has 1 N–H and O–H groups in total. The predicted molar refractivity (Wildman–Crippen MR) is 31.3 cm³/mol. The van der Waals surface area contributed by atoms with E-state index in [0.717, 1.165) is 0 Å². The van der Waals surface area contributed by atoms with Gasteiger partial charge in [0, 0.05) is 28.5 Å². The van der Waals surface area contributed by atoms with Gasteiger partial charge in [-0.1, -0.05) is 0 Å². The minimum atomic E-state index is -1.22. The van der Waals surface area contributed by atoms with Gasteiger partial charge >= 0.3 is 51.4 Å². The smallest absolute Gasteiger partial charge is 0.550 e. The Morgan fingerprint density at radius 2 is 1.90 bits per heavy atom. The van der Waals surface area contributed by atoms with Gasteiger partial charge < -0.3 is 9.90 Å². The fraction of sp³-hybridized carbons (Fsp3) is 0.500. The molecule has 0 aliphatic heterocycles. The van der Waals surface area contributed by atoms with Crippen LogP contribution in [0.15, 0.2) is 0 Å². The van der Waals surface area contributed by atoms with Crippen LogP contribution in [0.25, 0.3) is 0 Å². The van der Waals surface area contributed by atoms with E-state index < -0.39 is 5.97 Å². The van der Waals surface area contributed by atoms with Crippen LogP contribution in [-0.2, 0) is 9.59 Å². The van der Waals surface area contributed by atoms with Crippen LogP contribution >= 0.6 is 16.1 Å². The van der Waals surface area contributed by atoms with Crippen LogP contribution in [-0.4, -0.2) is 11.9 Å². The minimum absolute atomic E-state index is 0. The fourth-order valence-corrected chi connectivity index (χ4v) is 0.461. The first-order valence-electron chi connectivity index (χ1n) is 2.26. The largest absolute Gasteiger partial charge is 1.00 e. The molecule has 0 aliphatic rings. The van der Waals surface area contributed by atoms with Crippen molar-refractivity contribution >= 4 is 28.0 Å². The summed E-state index contributed by atoms with van der Waals surface area (Å²) >= 11 is 2.65. The summed E-state index contributed by atoms with van der Waals surface area (Å²) in [5.41, 5.74) is 0. The van der Waals surface area contributed by atoms with Gasteiger partial charge in [0.2, 0.25) is 5.91 Å². The summed E-state index contributed by atoms with van der Waals surface area (Å²) in [7, 11) is 0. The predicted octanol–water partition coefficient (Wildman–Crippen LogP) is -4.05. The van der Waals surface area contributed by atoms with Gasteiger partial charge in [0.1, 0.15) is 0 Å². The molecule has 0 saturated carbocycles. The maximum atomic E-state index is 10.3. The normalized spacial score (nSPS) is 7.70. The molecule has 52 valence electrons. The number of carboxylic acids is 1. The van der Waals surface area contributed by atoms with Crippen molar-refractivity contribution in [1.82, 2.24) is 4.34 Å². The fourth-order valence-electron chi connectivity index (χ4n) is 0.263. The number of carboxylic acid groups (broad SMARTS) is 1. The van der Waals surface area contributed by atoms with E-state index in [1.807, 2.05) is 0 Å². The molecule has 0 saturated heterocycles. The van der Waals surface area contributed by atoms with Gasteiger partial charge in [-0.2, -0.15) is 0 Å². The molecule has 0 bridgehead atoms. The summed E-state index contributed by atoms with van der Waals surface area (Å²) < 4.78 is 2.10. The average molecular weight is 234 g/mol. The molecule has 4 nitrogen and oxygen atoms in total. The third-order valence-corrected chi connectivity index (χ3v) is 1.10. The monoisotopic (exact) mass is 233 g/mol. The second kappa shape index (κ2) is 8.16. The number of aliphatic carboxylic acids is 1. The number of halogens is 1. The van der Waals surface area contributed by atoms with Crippen LogP contribution < -0.4 is 60.8 Å². The van der Waals surface area contributed by atoms with Crippen molar-refractivity contribution in [3.8, 4) is 0 Å². The van der Waals surface area contributed by atoms with Gasteiger partial charge in [-0.15, -0.1) is 0 Å². The molecule has 0 unspecified atom stereocenters. The Hall–Kier alpha value is 1.06. The van der Waals surface area contributed by atoms with E-state index in [9.17, 15) is 14.7 Å². The zero-order valence-electron chi connectivity index (χ0n) is 5.52. The molecular formula is C4H5BrKNO3. The van der Waals surface area contributed by atoms with Gasteiger partial charge in [0.25, 0.3) is 0 Å². The molecule has 0 aromatic heterocycles. The number of amides is 1. The quantitative estimate of drug-likeness (QED) is 0.399. The second-order valence-electron chi connectivity index (χ2n) is 1.39. The number of carbonyl (C=O) groups is 2. The third-order valence-electron chi connectivity index (χ3n) is 0.662. The maximum Gasteiger partial charge on any atom is 1.00 e. The van der Waals surface area contributed by atoms with Gasteiger partial charge in [-0.3, -0.25) is 9.14 Å². The Bertz CT molecular complexity index is 130. The topological polar surface area (TPSA) is 69.2 Å². The third kappa shape index (κ3) is 9.06. The van der Waals surface area contributed by atoms with Gasteiger partial charge in [-0.25, -0.2) is 0 Å². The van der Waals surface area contributed by atoms with E-state index >= 15 is 0 Å². The molecule has 0 rings (SSSR count). The van der Waals surface area contributed by atoms with Crippen molar-refractivity contribution in [2.75, 3.05) is 0 Å². The first kappa shape index (κ1) is 13.6. The van der Waals surface area contributed by atoms with Crippen molar-refractivity contribution in [2.24, 2.45) is 0 Å². The first-order chi connectivity index (χ1) is 4.16. The number of hydrogen-bond donors (Lipinski definition) is 1. The standard InChI is InChI=1S/C4H6BrNO3.K/c5-6-3(7)1-2-4(8)9;/h1-2H2,(H,6,7)(H,8,9);/q;+1/p-1. The molecule has 0 spiro atoms. The Balaban J connectivity index is 0. The molecule has 0 radical (unpaired) electrons. The SMILES string of the molecule is O=C([O-])CCC(=O)NBr.[K+]. The second-order valence-corrected chi connectivity index (χ2v) is 1.79. The van der Waals surface area contributed by atoms with Crippen molar-refractivity contribution in [3.05, 3.63) is 0 Å². The molecule has 0 fully saturated rings. The zero-order valence-corrected chi connectivity index (χ0v) is 10.2. The van der Waals surface area contributed by atoms with Crippen molar-refractivity contribution in [1.29, 1.82) is 0 Å². The van der Waals surface area contributed by atoms with Crippen LogP contribution in [0.4, 0.5) is 0 Å². The summed E-state index contributed by atoms with van der Waals surface area (Å²) in [6, 6.07) is 0. The molecule has 0 heterocycles. The molecule has 6 heteroatoms. The maximum absolute atomic E-state index is 10.3. The Morgan fingerprint density at radius 1 is 1.40 bits per heavy atom. The van der Waals surface area contributed by atoms with E-state index in [0.29, 0.717) is 0 Å². The molecule has 0 aliphatic carbocycles. The molecule has 1 amide bonds. The summed E-state index contributed by atoms with van der Waals surface area (Å²) in [5.74, 6) is -1.58. The summed E-state index contributed by atoms with van der Waals surface area (Å²) in [6.45, 7) is 0. The van der Waals surface area contributed by atoms with Gasteiger partial charge in [-0.05, 0) is 6.42 Å². The number of nitrogens with one attached hydrogen (secondary N) is 1. The first-order valence-corrected chi connectivity index (χ1v) is 3.05. The van der Waals surface area contributed by atoms with Crippen LogP contribution in [0.3, 0.4) is 0 Å². The Labute approximate surface area is 110 Å². The van der Waals surface area contributed by atoms with Crippen molar-refractivity contribution in [2.45, 2.75) is 12.8 Å². The van der Waals surface area contributed by atoms with Gasteiger partial charge in [0.05, 0.1) is 0 Å². The Morgan fingerprint density at radius 3 is 2.20 bits per heavy atom. The average Bonchev–Trinajstić information content (AvgIpc) is 1.83. The van der Waals surface area contributed by atoms with E-state index in [1.165, 1.54) is 0 Å². The molecular weight excluding hydrogens is 229 g/mol. The summed E-state index contributed by atoms with van der Waals surface area (Å²) in [4.78, 5) is 20.0. The van der Waals surface area contributed by atoms with E-state index in [-0.39, 0.29) is 70.1 Å². The number of carbonyl (C=O) groups excluding carboxylic acids is 2. The number of hydrogen-bond acceptors (Lipinski definition) is 3. The van der Waals surface area contributed by atoms with E-state index in [1.54, 1.807) is 0 Å². The van der Waals surface area contributed by atoms with Crippen LogP contribution in [0, 0.1) is 0 Å². The number of rotatable bonds is 3. The molecule has 10 heavy (non-hydrogen) atoms. The molecule has 0 atom stereocenters. The molecule has 0 aromatic rings. The summed E-state index contributed by atoms with van der Waals surface area (Å²) in [6.07, 6.45) is -0.287. The molecule has 0 aromatic carbocycles. The minimum Gasteiger partial charge on any atom is -0.550 e. The van der Waals surface area contributed by atoms with Crippen LogP contribution in [0.1, 0.15) is 12.8 Å². The van der Waals surface area contributed by atoms with E-state index in [4.69, 9.17) is 0 Å². The summed E-state index contributed by atoms with van der Waals surface area (Å²) in [5, 5.41) is 9.71. The van der Waals surface area contributed by atoms with Crippen LogP contribution in [0.5, 0.6) is 0 Å². The van der Waals surface area contributed by atoms with E-state index in [2.05, 4.69) is 20.5 Å². The van der Waals surface area contributed by atoms with Crippen LogP contribution in [0.2, 0.25) is 0 Å². The van der Waals surface area contributed by atoms with Gasteiger partial charge in [0.15, 0.2) is 0 Å².